The summed E-state index contributed by atoms with van der Waals surface area (Å²) in [5, 5.41) is 3.62. The van der Waals surface area contributed by atoms with Gasteiger partial charge >= 0.3 is 0 Å². The van der Waals surface area contributed by atoms with Crippen LogP contribution in [0.3, 0.4) is 0 Å². The molecule has 1 unspecified atom stereocenters. The zero-order valence-electron chi connectivity index (χ0n) is 11.4. The Morgan fingerprint density at radius 2 is 2.21 bits per heavy atom. The van der Waals surface area contributed by atoms with Gasteiger partial charge in [0.1, 0.15) is 5.75 Å². The van der Waals surface area contributed by atoms with E-state index in [4.69, 9.17) is 4.74 Å². The molecule has 1 aromatic rings. The maximum absolute atomic E-state index is 5.74. The van der Waals surface area contributed by atoms with E-state index < -0.39 is 0 Å². The van der Waals surface area contributed by atoms with E-state index in [0.717, 1.165) is 27.8 Å². The van der Waals surface area contributed by atoms with Crippen molar-refractivity contribution < 1.29 is 4.74 Å². The van der Waals surface area contributed by atoms with Crippen LogP contribution in [0.2, 0.25) is 0 Å². The van der Waals surface area contributed by atoms with Crippen LogP contribution in [0.1, 0.15) is 18.9 Å². The van der Waals surface area contributed by atoms with E-state index in [1.54, 1.807) is 0 Å². The van der Waals surface area contributed by atoms with Gasteiger partial charge in [-0.25, -0.2) is 0 Å². The van der Waals surface area contributed by atoms with Crippen molar-refractivity contribution in [3.8, 4) is 5.75 Å². The Kier molecular flexibility index (Phi) is 5.69. The van der Waals surface area contributed by atoms with Gasteiger partial charge < -0.3 is 15.0 Å². The first-order valence-electron chi connectivity index (χ1n) is 6.62. The molecule has 1 fully saturated rings. The maximum Gasteiger partial charge on any atom is 0.138 e. The van der Waals surface area contributed by atoms with E-state index in [1.165, 1.54) is 18.5 Å². The van der Waals surface area contributed by atoms with Crippen molar-refractivity contribution in [2.75, 3.05) is 26.7 Å². The summed E-state index contributed by atoms with van der Waals surface area (Å²) in [4.78, 5) is 2.36. The first-order valence-corrected chi connectivity index (χ1v) is 8.21. The van der Waals surface area contributed by atoms with Gasteiger partial charge in [-0.2, -0.15) is 0 Å². The molecule has 0 spiro atoms. The predicted molar refractivity (Wildman–Crippen MR) is 85.8 cm³/mol. The third-order valence-electron chi connectivity index (χ3n) is 3.35. The number of nitrogens with zero attached hydrogens (tertiary/aromatic N) is 1. The molecule has 1 aliphatic heterocycles. The second-order valence-electron chi connectivity index (χ2n) is 4.94. The number of likely N-dealkylation sites (N-methyl/N-ethyl adjacent to an activating group) is 1. The summed E-state index contributed by atoms with van der Waals surface area (Å²) in [5.74, 6) is 0.949. The van der Waals surface area contributed by atoms with Gasteiger partial charge in [-0.3, -0.25) is 0 Å². The van der Waals surface area contributed by atoms with Crippen LogP contribution in [0.5, 0.6) is 5.75 Å². The van der Waals surface area contributed by atoms with Crippen molar-refractivity contribution in [2.24, 2.45) is 0 Å². The summed E-state index contributed by atoms with van der Waals surface area (Å²) >= 11 is 7.11. The molecule has 0 amide bonds. The topological polar surface area (TPSA) is 24.5 Å². The first-order chi connectivity index (χ1) is 9.10. The lowest BCUT2D eigenvalue weighted by Crippen LogP contribution is -2.31. The third-order valence-corrected chi connectivity index (χ3v) is 4.39. The number of rotatable bonds is 5. The average Bonchev–Trinajstić information content (AvgIpc) is 2.76. The number of ether oxygens (including phenoxy) is 1. The fraction of sp³-hybridized carbons (Fsp3) is 0.571. The molecule has 1 aromatic carbocycles. The van der Waals surface area contributed by atoms with E-state index in [2.05, 4.69) is 55.2 Å². The lowest BCUT2D eigenvalue weighted by Gasteiger charge is -2.16. The van der Waals surface area contributed by atoms with Crippen LogP contribution in [-0.4, -0.2) is 37.7 Å². The summed E-state index contributed by atoms with van der Waals surface area (Å²) < 4.78 is 7.82. The van der Waals surface area contributed by atoms with Gasteiger partial charge in [0.05, 0.1) is 11.1 Å². The number of likely N-dealkylation sites (tertiary alicyclic amines) is 1. The van der Waals surface area contributed by atoms with E-state index in [-0.39, 0.29) is 0 Å². The van der Waals surface area contributed by atoms with E-state index in [1.807, 2.05) is 13.0 Å². The van der Waals surface area contributed by atoms with Gasteiger partial charge in [0, 0.05) is 29.2 Å². The van der Waals surface area contributed by atoms with Crippen LogP contribution in [0.15, 0.2) is 21.1 Å². The molecule has 0 aliphatic carbocycles. The Morgan fingerprint density at radius 3 is 2.84 bits per heavy atom. The van der Waals surface area contributed by atoms with Crippen LogP contribution >= 0.6 is 31.9 Å². The zero-order valence-corrected chi connectivity index (χ0v) is 14.6. The minimum absolute atomic E-state index is 0.581. The van der Waals surface area contributed by atoms with Crippen LogP contribution in [0.4, 0.5) is 0 Å². The summed E-state index contributed by atoms with van der Waals surface area (Å²) in [7, 11) is 2.17. The molecule has 2 rings (SSSR count). The zero-order chi connectivity index (χ0) is 13.8. The molecule has 1 heterocycles. The highest BCUT2D eigenvalue weighted by molar-refractivity contribution is 9.11. The molecule has 1 N–H and O–H groups in total. The molecule has 1 aliphatic rings. The number of halogens is 2. The van der Waals surface area contributed by atoms with Crippen LogP contribution < -0.4 is 10.1 Å². The SMILES string of the molecule is CCOc1c(Br)cc(Br)cc1CNC1CCN(C)C1. The fourth-order valence-electron chi connectivity index (χ4n) is 2.41. The normalized spacial score (nSPS) is 19.9. The second-order valence-corrected chi connectivity index (χ2v) is 6.71. The highest BCUT2D eigenvalue weighted by Gasteiger charge is 2.19. The summed E-state index contributed by atoms with van der Waals surface area (Å²) in [5.41, 5.74) is 1.19. The smallest absolute Gasteiger partial charge is 0.138 e. The molecule has 3 nitrogen and oxygen atoms in total. The monoisotopic (exact) mass is 390 g/mol. The third kappa shape index (κ3) is 4.18. The molecular weight excluding hydrogens is 372 g/mol. The van der Waals surface area contributed by atoms with E-state index >= 15 is 0 Å². The van der Waals surface area contributed by atoms with Crippen molar-refractivity contribution in [2.45, 2.75) is 25.9 Å². The highest BCUT2D eigenvalue weighted by Crippen LogP contribution is 2.33. The van der Waals surface area contributed by atoms with Gasteiger partial charge in [0.25, 0.3) is 0 Å². The van der Waals surface area contributed by atoms with Crippen LogP contribution in [-0.2, 0) is 6.54 Å². The largest absolute Gasteiger partial charge is 0.492 e. The number of benzene rings is 1. The molecule has 1 atom stereocenters. The maximum atomic E-state index is 5.74. The Bertz CT molecular complexity index is 440. The van der Waals surface area contributed by atoms with Crippen molar-refractivity contribution in [3.63, 3.8) is 0 Å². The lowest BCUT2D eigenvalue weighted by molar-refractivity contribution is 0.332. The summed E-state index contributed by atoms with van der Waals surface area (Å²) in [6.45, 7) is 5.83. The van der Waals surface area contributed by atoms with Gasteiger partial charge in [0.15, 0.2) is 0 Å². The van der Waals surface area contributed by atoms with Gasteiger partial charge in [0.2, 0.25) is 0 Å². The Hall–Kier alpha value is -0.100. The minimum atomic E-state index is 0.581. The average molecular weight is 392 g/mol. The summed E-state index contributed by atoms with van der Waals surface area (Å²) in [6, 6.07) is 4.73. The second kappa shape index (κ2) is 7.07. The molecule has 0 bridgehead atoms. The van der Waals surface area contributed by atoms with Crippen LogP contribution in [0, 0.1) is 0 Å². The predicted octanol–water partition coefficient (Wildman–Crippen LogP) is 3.40. The van der Waals surface area contributed by atoms with Crippen molar-refractivity contribution in [3.05, 3.63) is 26.6 Å². The van der Waals surface area contributed by atoms with Crippen molar-refractivity contribution in [1.29, 1.82) is 0 Å². The number of nitrogens with one attached hydrogen (secondary N) is 1. The standard InChI is InChI=1S/C14H20Br2N2O/c1-3-19-14-10(6-11(15)7-13(14)16)8-17-12-4-5-18(2)9-12/h6-7,12,17H,3-5,8-9H2,1-2H3. The van der Waals surface area contributed by atoms with Crippen molar-refractivity contribution in [1.82, 2.24) is 10.2 Å². The first kappa shape index (κ1) is 15.3. The molecule has 5 heteroatoms. The highest BCUT2D eigenvalue weighted by atomic mass is 79.9. The number of hydrogen-bond donors (Lipinski definition) is 1. The molecule has 0 saturated carbocycles. The fourth-order valence-corrected chi connectivity index (χ4v) is 3.84. The molecular formula is C14H20Br2N2O. The number of hydrogen-bond acceptors (Lipinski definition) is 3. The molecule has 1 saturated heterocycles. The van der Waals surface area contributed by atoms with Gasteiger partial charge in [-0.15, -0.1) is 0 Å². The van der Waals surface area contributed by atoms with E-state index in [9.17, 15) is 0 Å². The van der Waals surface area contributed by atoms with Crippen LogP contribution in [0.25, 0.3) is 0 Å². The van der Waals surface area contributed by atoms with Gasteiger partial charge in [-0.05, 0) is 55.0 Å². The Morgan fingerprint density at radius 1 is 1.42 bits per heavy atom. The molecule has 106 valence electrons. The molecule has 0 aromatic heterocycles. The Labute approximate surface area is 132 Å². The Balaban J connectivity index is 2.05. The molecule has 19 heavy (non-hydrogen) atoms. The van der Waals surface area contributed by atoms with Gasteiger partial charge in [-0.1, -0.05) is 15.9 Å². The minimum Gasteiger partial charge on any atom is -0.492 e. The lowest BCUT2D eigenvalue weighted by atomic mass is 10.1. The van der Waals surface area contributed by atoms with Crippen molar-refractivity contribution >= 4 is 31.9 Å². The van der Waals surface area contributed by atoms with E-state index in [0.29, 0.717) is 12.6 Å². The summed E-state index contributed by atoms with van der Waals surface area (Å²) in [6.07, 6.45) is 1.22. The quantitative estimate of drug-likeness (QED) is 0.832. The molecule has 0 radical (unpaired) electrons.